The van der Waals surface area contributed by atoms with Crippen LogP contribution >= 0.6 is 0 Å². The van der Waals surface area contributed by atoms with E-state index < -0.39 is 5.97 Å². The molecular weight excluding hydrogens is 254 g/mol. The Morgan fingerprint density at radius 1 is 1.30 bits per heavy atom. The lowest BCUT2D eigenvalue weighted by atomic mass is 10.1. The van der Waals surface area contributed by atoms with Crippen molar-refractivity contribution in [3.8, 4) is 5.75 Å². The molecule has 0 atom stereocenters. The molecule has 0 saturated heterocycles. The number of aryl methyl sites for hydroxylation is 1. The van der Waals surface area contributed by atoms with Gasteiger partial charge in [0.15, 0.2) is 0 Å². The Morgan fingerprint density at radius 3 is 2.75 bits per heavy atom. The van der Waals surface area contributed by atoms with Crippen LogP contribution in [0, 0.1) is 6.92 Å². The quantitative estimate of drug-likeness (QED) is 0.847. The monoisotopic (exact) mass is 269 g/mol. The summed E-state index contributed by atoms with van der Waals surface area (Å²) in [5, 5.41) is 8.53. The van der Waals surface area contributed by atoms with E-state index in [2.05, 4.69) is 4.98 Å². The Kier molecular flexibility index (Phi) is 4.50. The van der Waals surface area contributed by atoms with E-state index in [9.17, 15) is 4.79 Å². The van der Waals surface area contributed by atoms with Crippen LogP contribution in [0.5, 0.6) is 5.75 Å². The summed E-state index contributed by atoms with van der Waals surface area (Å²) in [5.74, 6) is -0.340. The number of benzene rings is 1. The molecule has 1 aromatic heterocycles. The smallest absolute Gasteiger partial charge is 0.328 e. The number of hydrogen-bond donors (Lipinski definition) is 1. The lowest BCUT2D eigenvalue weighted by molar-refractivity contribution is -0.131. The Bertz CT molecular complexity index is 618. The van der Waals surface area contributed by atoms with Gasteiger partial charge in [-0.1, -0.05) is 24.3 Å². The number of carbonyl (C=O) groups is 1. The van der Waals surface area contributed by atoms with Gasteiger partial charge in [-0.15, -0.1) is 0 Å². The summed E-state index contributed by atoms with van der Waals surface area (Å²) in [7, 11) is 0. The highest BCUT2D eigenvalue weighted by Gasteiger charge is 1.99. The van der Waals surface area contributed by atoms with E-state index in [0.29, 0.717) is 18.1 Å². The van der Waals surface area contributed by atoms with Crippen molar-refractivity contribution in [2.75, 3.05) is 0 Å². The van der Waals surface area contributed by atoms with Crippen LogP contribution in [0.4, 0.5) is 0 Å². The number of carboxylic acids is 1. The molecule has 0 aliphatic heterocycles. The van der Waals surface area contributed by atoms with Gasteiger partial charge in [0.05, 0.1) is 11.9 Å². The van der Waals surface area contributed by atoms with Crippen LogP contribution in [-0.2, 0) is 11.4 Å². The fourth-order valence-electron chi connectivity index (χ4n) is 1.67. The largest absolute Gasteiger partial charge is 0.487 e. The van der Waals surface area contributed by atoms with Crippen molar-refractivity contribution >= 4 is 12.0 Å². The van der Waals surface area contributed by atoms with Gasteiger partial charge in [-0.3, -0.25) is 4.98 Å². The molecule has 0 fully saturated rings. The van der Waals surface area contributed by atoms with Gasteiger partial charge in [0.1, 0.15) is 12.4 Å². The van der Waals surface area contributed by atoms with Crippen molar-refractivity contribution in [2.45, 2.75) is 13.5 Å². The summed E-state index contributed by atoms with van der Waals surface area (Å²) in [5.41, 5.74) is 2.89. The SMILES string of the molecule is Cc1ccccc1COc1ccc(C=CC(=O)O)nc1. The number of ether oxygens (including phenoxy) is 1. The second kappa shape index (κ2) is 6.52. The highest BCUT2D eigenvalue weighted by atomic mass is 16.5. The number of nitrogens with zero attached hydrogens (tertiary/aromatic N) is 1. The van der Waals surface area contributed by atoms with Crippen molar-refractivity contribution in [3.05, 3.63) is 65.5 Å². The molecular formula is C16H15NO3. The average Bonchev–Trinajstić information content (AvgIpc) is 2.45. The van der Waals surface area contributed by atoms with Crippen LogP contribution in [-0.4, -0.2) is 16.1 Å². The summed E-state index contributed by atoms with van der Waals surface area (Å²) >= 11 is 0. The van der Waals surface area contributed by atoms with Crippen LogP contribution in [0.3, 0.4) is 0 Å². The molecule has 0 spiro atoms. The Morgan fingerprint density at radius 2 is 2.10 bits per heavy atom. The molecule has 1 aromatic carbocycles. The van der Waals surface area contributed by atoms with E-state index in [1.807, 2.05) is 31.2 Å². The van der Waals surface area contributed by atoms with E-state index in [1.54, 1.807) is 18.3 Å². The van der Waals surface area contributed by atoms with Crippen LogP contribution in [0.1, 0.15) is 16.8 Å². The lowest BCUT2D eigenvalue weighted by Crippen LogP contribution is -1.98. The maximum Gasteiger partial charge on any atom is 0.328 e. The summed E-state index contributed by atoms with van der Waals surface area (Å²) < 4.78 is 5.65. The van der Waals surface area contributed by atoms with E-state index in [-0.39, 0.29) is 0 Å². The zero-order chi connectivity index (χ0) is 14.4. The van der Waals surface area contributed by atoms with Crippen LogP contribution in [0.25, 0.3) is 6.08 Å². The molecule has 0 bridgehead atoms. The van der Waals surface area contributed by atoms with Gasteiger partial charge in [0, 0.05) is 6.08 Å². The van der Waals surface area contributed by atoms with E-state index >= 15 is 0 Å². The Labute approximate surface area is 117 Å². The maximum absolute atomic E-state index is 10.4. The highest BCUT2D eigenvalue weighted by molar-refractivity contribution is 5.84. The summed E-state index contributed by atoms with van der Waals surface area (Å²) in [4.78, 5) is 14.5. The Balaban J connectivity index is 1.97. The molecule has 0 radical (unpaired) electrons. The van der Waals surface area contributed by atoms with Gasteiger partial charge >= 0.3 is 5.97 Å². The molecule has 4 heteroatoms. The number of aliphatic carboxylic acids is 1. The minimum Gasteiger partial charge on any atom is -0.487 e. The number of pyridine rings is 1. The molecule has 1 N–H and O–H groups in total. The maximum atomic E-state index is 10.4. The standard InChI is InChI=1S/C16H15NO3/c1-12-4-2-3-5-13(12)11-20-15-8-6-14(17-10-15)7-9-16(18)19/h2-10H,11H2,1H3,(H,18,19). The van der Waals surface area contributed by atoms with Gasteiger partial charge in [-0.25, -0.2) is 4.79 Å². The molecule has 102 valence electrons. The first-order valence-electron chi connectivity index (χ1n) is 6.19. The predicted molar refractivity (Wildman–Crippen MR) is 76.4 cm³/mol. The van der Waals surface area contributed by atoms with Crippen molar-refractivity contribution in [1.82, 2.24) is 4.98 Å². The van der Waals surface area contributed by atoms with E-state index in [0.717, 1.165) is 11.6 Å². The zero-order valence-electron chi connectivity index (χ0n) is 11.1. The zero-order valence-corrected chi connectivity index (χ0v) is 11.1. The van der Waals surface area contributed by atoms with Crippen LogP contribution in [0.2, 0.25) is 0 Å². The number of hydrogen-bond acceptors (Lipinski definition) is 3. The van der Waals surface area contributed by atoms with Gasteiger partial charge in [0.2, 0.25) is 0 Å². The molecule has 0 aliphatic carbocycles. The molecule has 20 heavy (non-hydrogen) atoms. The van der Waals surface area contributed by atoms with Crippen LogP contribution in [0.15, 0.2) is 48.7 Å². The van der Waals surface area contributed by atoms with Gasteiger partial charge < -0.3 is 9.84 Å². The Hall–Kier alpha value is -2.62. The summed E-state index contributed by atoms with van der Waals surface area (Å²) in [6.07, 6.45) is 4.07. The normalized spacial score (nSPS) is 10.7. The average molecular weight is 269 g/mol. The number of carboxylic acid groups (broad SMARTS) is 1. The van der Waals surface area contributed by atoms with Gasteiger partial charge in [-0.05, 0) is 36.3 Å². The van der Waals surface area contributed by atoms with Crippen molar-refractivity contribution < 1.29 is 14.6 Å². The fourth-order valence-corrected chi connectivity index (χ4v) is 1.67. The molecule has 0 unspecified atom stereocenters. The van der Waals surface area contributed by atoms with Gasteiger partial charge in [0.25, 0.3) is 0 Å². The van der Waals surface area contributed by atoms with Crippen LogP contribution < -0.4 is 4.74 Å². The minimum absolute atomic E-state index is 0.485. The fraction of sp³-hybridized carbons (Fsp3) is 0.125. The van der Waals surface area contributed by atoms with Crippen molar-refractivity contribution in [1.29, 1.82) is 0 Å². The molecule has 1 heterocycles. The second-order valence-electron chi connectivity index (χ2n) is 4.31. The molecule has 2 aromatic rings. The molecule has 0 amide bonds. The first kappa shape index (κ1) is 13.8. The van der Waals surface area contributed by atoms with Gasteiger partial charge in [-0.2, -0.15) is 0 Å². The highest BCUT2D eigenvalue weighted by Crippen LogP contribution is 2.14. The van der Waals surface area contributed by atoms with Crippen molar-refractivity contribution in [2.24, 2.45) is 0 Å². The third-order valence-electron chi connectivity index (χ3n) is 2.81. The second-order valence-corrected chi connectivity index (χ2v) is 4.31. The first-order chi connectivity index (χ1) is 9.65. The molecule has 2 rings (SSSR count). The topological polar surface area (TPSA) is 59.4 Å². The third kappa shape index (κ3) is 3.95. The minimum atomic E-state index is -0.994. The first-order valence-corrected chi connectivity index (χ1v) is 6.19. The predicted octanol–water partition coefficient (Wildman–Crippen LogP) is 3.07. The number of rotatable bonds is 5. The third-order valence-corrected chi connectivity index (χ3v) is 2.81. The van der Waals surface area contributed by atoms with Crippen molar-refractivity contribution in [3.63, 3.8) is 0 Å². The lowest BCUT2D eigenvalue weighted by Gasteiger charge is -2.08. The summed E-state index contributed by atoms with van der Waals surface area (Å²) in [6, 6.07) is 11.5. The van der Waals surface area contributed by atoms with E-state index in [4.69, 9.17) is 9.84 Å². The molecule has 0 aliphatic rings. The van der Waals surface area contributed by atoms with E-state index in [1.165, 1.54) is 11.6 Å². The molecule has 4 nitrogen and oxygen atoms in total. The number of aromatic nitrogens is 1. The summed E-state index contributed by atoms with van der Waals surface area (Å²) in [6.45, 7) is 2.52. The molecule has 0 saturated carbocycles.